The standard InChI is InChI=1S/C6H13BN2O/c1-5(3-6(2)10)9-8-4-7/h5,8-9H,3-4H2,1-2H3. The average Bonchev–Trinajstić information content (AvgIpc) is 1.82. The van der Waals surface area contributed by atoms with E-state index in [0.717, 1.165) is 0 Å². The van der Waals surface area contributed by atoms with Gasteiger partial charge in [0.15, 0.2) is 0 Å². The van der Waals surface area contributed by atoms with Crippen molar-refractivity contribution in [1.29, 1.82) is 0 Å². The number of ketones is 1. The van der Waals surface area contributed by atoms with Crippen molar-refractivity contribution in [1.82, 2.24) is 10.9 Å². The normalized spacial score (nSPS) is 13.0. The first-order valence-electron chi connectivity index (χ1n) is 3.34. The number of hydrazine groups is 1. The minimum absolute atomic E-state index is 0.154. The van der Waals surface area contributed by atoms with Crippen molar-refractivity contribution in [3.63, 3.8) is 0 Å². The van der Waals surface area contributed by atoms with E-state index in [1.54, 1.807) is 6.92 Å². The number of carbonyl (C=O) groups is 1. The summed E-state index contributed by atoms with van der Waals surface area (Å²) in [5.41, 5.74) is 5.60. The lowest BCUT2D eigenvalue weighted by atomic mass is 10.2. The van der Waals surface area contributed by atoms with Gasteiger partial charge in [-0.15, -0.1) is 0 Å². The van der Waals surface area contributed by atoms with E-state index < -0.39 is 0 Å². The van der Waals surface area contributed by atoms with Crippen molar-refractivity contribution >= 4 is 13.6 Å². The first-order valence-corrected chi connectivity index (χ1v) is 3.34. The van der Waals surface area contributed by atoms with Gasteiger partial charge in [-0.05, 0) is 20.3 Å². The molecule has 0 aliphatic heterocycles. The summed E-state index contributed by atoms with van der Waals surface area (Å²) in [5.74, 6) is 0.179. The molecule has 0 aliphatic carbocycles. The Kier molecular flexibility index (Phi) is 5.25. The molecule has 0 aliphatic rings. The maximum atomic E-state index is 10.5. The molecule has 4 heteroatoms. The van der Waals surface area contributed by atoms with E-state index in [1.165, 1.54) is 0 Å². The number of hydrogen-bond acceptors (Lipinski definition) is 3. The van der Waals surface area contributed by atoms with E-state index in [2.05, 4.69) is 10.9 Å². The lowest BCUT2D eigenvalue weighted by Gasteiger charge is -2.11. The molecule has 0 saturated carbocycles. The van der Waals surface area contributed by atoms with Crippen LogP contribution in [0.1, 0.15) is 20.3 Å². The zero-order valence-electron chi connectivity index (χ0n) is 6.48. The lowest BCUT2D eigenvalue weighted by Crippen LogP contribution is -2.40. The number of hydrogen-bond donors (Lipinski definition) is 2. The first-order chi connectivity index (χ1) is 4.66. The predicted molar refractivity (Wildman–Crippen MR) is 41.7 cm³/mol. The topological polar surface area (TPSA) is 41.1 Å². The van der Waals surface area contributed by atoms with Gasteiger partial charge in [-0.2, -0.15) is 0 Å². The molecule has 1 unspecified atom stereocenters. The third kappa shape index (κ3) is 5.79. The van der Waals surface area contributed by atoms with E-state index >= 15 is 0 Å². The molecule has 0 saturated heterocycles. The van der Waals surface area contributed by atoms with E-state index in [0.29, 0.717) is 12.9 Å². The fourth-order valence-corrected chi connectivity index (χ4v) is 0.715. The molecule has 3 nitrogen and oxygen atoms in total. The summed E-state index contributed by atoms with van der Waals surface area (Å²) >= 11 is 0. The Morgan fingerprint density at radius 2 is 2.30 bits per heavy atom. The first kappa shape index (κ1) is 9.65. The van der Waals surface area contributed by atoms with Crippen LogP contribution in [0.2, 0.25) is 0 Å². The Bertz CT molecular complexity index is 108. The van der Waals surface area contributed by atoms with Crippen LogP contribution in [0.4, 0.5) is 0 Å². The maximum Gasteiger partial charge on any atom is 0.131 e. The summed E-state index contributed by atoms with van der Waals surface area (Å²) in [5, 5.41) is 0. The Morgan fingerprint density at radius 1 is 1.70 bits per heavy atom. The highest BCUT2D eigenvalue weighted by Crippen LogP contribution is 1.88. The Balaban J connectivity index is 3.25. The van der Waals surface area contributed by atoms with Gasteiger partial charge in [0.25, 0.3) is 0 Å². The second-order valence-corrected chi connectivity index (χ2v) is 2.33. The highest BCUT2D eigenvalue weighted by Gasteiger charge is 2.01. The smallest absolute Gasteiger partial charge is 0.131 e. The van der Waals surface area contributed by atoms with Crippen molar-refractivity contribution in [2.45, 2.75) is 26.3 Å². The molecule has 0 amide bonds. The molecule has 0 spiro atoms. The molecule has 0 fully saturated rings. The van der Waals surface area contributed by atoms with Gasteiger partial charge in [0.05, 0.1) is 7.85 Å². The molecule has 0 heterocycles. The summed E-state index contributed by atoms with van der Waals surface area (Å²) in [6, 6.07) is 0.154. The van der Waals surface area contributed by atoms with Gasteiger partial charge < -0.3 is 0 Å². The van der Waals surface area contributed by atoms with Crippen molar-refractivity contribution in [3.8, 4) is 0 Å². The van der Waals surface area contributed by atoms with E-state index in [4.69, 9.17) is 7.85 Å². The maximum absolute atomic E-state index is 10.5. The van der Waals surface area contributed by atoms with Crippen LogP contribution in [0, 0.1) is 0 Å². The molecule has 10 heavy (non-hydrogen) atoms. The van der Waals surface area contributed by atoms with Crippen molar-refractivity contribution < 1.29 is 4.79 Å². The molecule has 0 bridgehead atoms. The van der Waals surface area contributed by atoms with Gasteiger partial charge in [0, 0.05) is 12.5 Å². The number of nitrogens with one attached hydrogen (secondary N) is 2. The molecular formula is C6H13BN2O. The van der Waals surface area contributed by atoms with E-state index in [1.807, 2.05) is 6.92 Å². The van der Waals surface area contributed by atoms with Gasteiger partial charge in [0.2, 0.25) is 0 Å². The van der Waals surface area contributed by atoms with Gasteiger partial charge >= 0.3 is 0 Å². The summed E-state index contributed by atoms with van der Waals surface area (Å²) < 4.78 is 0. The van der Waals surface area contributed by atoms with Crippen molar-refractivity contribution in [3.05, 3.63) is 0 Å². The van der Waals surface area contributed by atoms with Crippen LogP contribution in [0.3, 0.4) is 0 Å². The lowest BCUT2D eigenvalue weighted by molar-refractivity contribution is -0.117. The van der Waals surface area contributed by atoms with Crippen LogP contribution in [-0.4, -0.2) is 26.1 Å². The molecule has 1 atom stereocenters. The van der Waals surface area contributed by atoms with E-state index in [9.17, 15) is 4.79 Å². The number of Topliss-reactive ketones (excluding diaryl/α,β-unsaturated/α-hetero) is 1. The van der Waals surface area contributed by atoms with Crippen LogP contribution in [0.5, 0.6) is 0 Å². The molecule has 2 radical (unpaired) electrons. The van der Waals surface area contributed by atoms with Crippen molar-refractivity contribution in [2.75, 3.05) is 6.44 Å². The van der Waals surface area contributed by atoms with Gasteiger partial charge in [-0.25, -0.2) is 0 Å². The summed E-state index contributed by atoms with van der Waals surface area (Å²) in [6.07, 6.45) is 0.912. The van der Waals surface area contributed by atoms with Crippen LogP contribution < -0.4 is 10.9 Å². The Hall–Kier alpha value is -0.345. The monoisotopic (exact) mass is 140 g/mol. The molecule has 0 aromatic rings. The fraction of sp³-hybridized carbons (Fsp3) is 0.833. The highest BCUT2D eigenvalue weighted by molar-refractivity contribution is 6.08. The van der Waals surface area contributed by atoms with Gasteiger partial charge in [0.1, 0.15) is 5.78 Å². The second-order valence-electron chi connectivity index (χ2n) is 2.33. The quantitative estimate of drug-likeness (QED) is 0.402. The summed E-state index contributed by atoms with van der Waals surface area (Å²) in [4.78, 5) is 10.5. The van der Waals surface area contributed by atoms with Crippen LogP contribution >= 0.6 is 0 Å². The van der Waals surface area contributed by atoms with Crippen LogP contribution in [0.25, 0.3) is 0 Å². The van der Waals surface area contributed by atoms with Crippen molar-refractivity contribution in [2.24, 2.45) is 0 Å². The van der Waals surface area contributed by atoms with E-state index in [-0.39, 0.29) is 11.8 Å². The zero-order valence-corrected chi connectivity index (χ0v) is 6.48. The summed E-state index contributed by atoms with van der Waals surface area (Å²) in [6.45, 7) is 3.49. The molecule has 2 N–H and O–H groups in total. The predicted octanol–water partition coefficient (Wildman–Crippen LogP) is -0.426. The third-order valence-electron chi connectivity index (χ3n) is 1.04. The molecule has 0 rings (SSSR count). The Morgan fingerprint density at radius 3 is 2.70 bits per heavy atom. The summed E-state index contributed by atoms with van der Waals surface area (Å²) in [7, 11) is 5.15. The molecule has 0 aromatic heterocycles. The minimum Gasteiger partial charge on any atom is -0.300 e. The molecule has 56 valence electrons. The average molecular weight is 140 g/mol. The third-order valence-corrected chi connectivity index (χ3v) is 1.04. The molecular weight excluding hydrogens is 127 g/mol. The minimum atomic E-state index is 0.154. The second kappa shape index (κ2) is 5.44. The fourth-order valence-electron chi connectivity index (χ4n) is 0.715. The zero-order chi connectivity index (χ0) is 7.98. The molecule has 0 aromatic carbocycles. The largest absolute Gasteiger partial charge is 0.300 e. The number of rotatable bonds is 5. The number of carbonyl (C=O) groups excluding carboxylic acids is 1. The van der Waals surface area contributed by atoms with Gasteiger partial charge in [-0.3, -0.25) is 15.6 Å². The Labute approximate surface area is 62.9 Å². The SMILES string of the molecule is [B]CNNC(C)CC(C)=O. The highest BCUT2D eigenvalue weighted by atomic mass is 16.1. The van der Waals surface area contributed by atoms with Crippen LogP contribution in [-0.2, 0) is 4.79 Å². The van der Waals surface area contributed by atoms with Crippen LogP contribution in [0.15, 0.2) is 0 Å². The van der Waals surface area contributed by atoms with Gasteiger partial charge in [-0.1, -0.05) is 0 Å².